The van der Waals surface area contributed by atoms with Crippen LogP contribution in [0.3, 0.4) is 0 Å². The molecule has 2 N–H and O–H groups in total. The molecule has 1 heterocycles. The van der Waals surface area contributed by atoms with Gasteiger partial charge in [0.1, 0.15) is 12.4 Å². The van der Waals surface area contributed by atoms with Crippen LogP contribution in [-0.4, -0.2) is 26.5 Å². The van der Waals surface area contributed by atoms with Crippen molar-refractivity contribution in [3.05, 3.63) is 23.8 Å². The standard InChI is InChI=1S/C13H22N2O3Si/c1-19(2,3)8-7-17-10-15-13-11(9-16)5-4-6-12(13)18-14-15/h4-6,14,16H,7-10H2,1-3H3. The number of aliphatic hydroxyl groups is 1. The Bertz CT molecular complexity index is 434. The third-order valence-corrected chi connectivity index (χ3v) is 4.71. The van der Waals surface area contributed by atoms with Gasteiger partial charge in [0, 0.05) is 20.2 Å². The van der Waals surface area contributed by atoms with Crippen LogP contribution in [0, 0.1) is 0 Å². The second-order valence-corrected chi connectivity index (χ2v) is 11.5. The highest BCUT2D eigenvalue weighted by Crippen LogP contribution is 2.34. The summed E-state index contributed by atoms with van der Waals surface area (Å²) in [7, 11) is -1.06. The van der Waals surface area contributed by atoms with Gasteiger partial charge in [0.25, 0.3) is 0 Å². The average molecular weight is 282 g/mol. The van der Waals surface area contributed by atoms with E-state index in [-0.39, 0.29) is 6.61 Å². The Labute approximate surface area is 115 Å². The number of hydrogen-bond acceptors (Lipinski definition) is 5. The maximum absolute atomic E-state index is 9.35. The van der Waals surface area contributed by atoms with Crippen LogP contribution in [0.2, 0.25) is 25.7 Å². The Hall–Kier alpha value is -1.08. The lowest BCUT2D eigenvalue weighted by Gasteiger charge is -2.20. The lowest BCUT2D eigenvalue weighted by molar-refractivity contribution is 0.109. The van der Waals surface area contributed by atoms with Crippen LogP contribution in [0.5, 0.6) is 5.75 Å². The van der Waals surface area contributed by atoms with Crippen molar-refractivity contribution >= 4 is 13.8 Å². The smallest absolute Gasteiger partial charge is 0.174 e. The van der Waals surface area contributed by atoms with Crippen molar-refractivity contribution in [1.82, 2.24) is 5.59 Å². The van der Waals surface area contributed by atoms with Gasteiger partial charge in [0.15, 0.2) is 5.75 Å². The highest BCUT2D eigenvalue weighted by atomic mass is 28.3. The molecule has 1 aliphatic rings. The predicted octanol–water partition coefficient (Wildman–Crippen LogP) is 2.11. The quantitative estimate of drug-likeness (QED) is 0.618. The molecular weight excluding hydrogens is 260 g/mol. The molecule has 0 aliphatic carbocycles. The van der Waals surface area contributed by atoms with Gasteiger partial charge in [-0.2, -0.15) is 0 Å². The van der Waals surface area contributed by atoms with E-state index in [2.05, 4.69) is 25.2 Å². The summed E-state index contributed by atoms with van der Waals surface area (Å²) in [6.07, 6.45) is 0. The lowest BCUT2D eigenvalue weighted by atomic mass is 10.1. The van der Waals surface area contributed by atoms with Gasteiger partial charge in [-0.15, -0.1) is 0 Å². The van der Waals surface area contributed by atoms with Crippen LogP contribution in [0.25, 0.3) is 0 Å². The van der Waals surface area contributed by atoms with Gasteiger partial charge in [0.05, 0.1) is 6.61 Å². The van der Waals surface area contributed by atoms with Crippen molar-refractivity contribution in [2.24, 2.45) is 0 Å². The molecule has 0 amide bonds. The van der Waals surface area contributed by atoms with E-state index in [1.807, 2.05) is 18.2 Å². The number of nitrogens with one attached hydrogen (secondary N) is 1. The van der Waals surface area contributed by atoms with Crippen LogP contribution in [0.15, 0.2) is 18.2 Å². The maximum Gasteiger partial charge on any atom is 0.174 e. The van der Waals surface area contributed by atoms with E-state index in [9.17, 15) is 5.11 Å². The molecule has 106 valence electrons. The summed E-state index contributed by atoms with van der Waals surface area (Å²) >= 11 is 0. The van der Waals surface area contributed by atoms with Crippen molar-refractivity contribution in [3.63, 3.8) is 0 Å². The van der Waals surface area contributed by atoms with E-state index in [1.165, 1.54) is 0 Å². The van der Waals surface area contributed by atoms with Gasteiger partial charge in [-0.3, -0.25) is 0 Å². The van der Waals surface area contributed by atoms with Crippen LogP contribution in [0.4, 0.5) is 5.69 Å². The first-order chi connectivity index (χ1) is 9.01. The Morgan fingerprint density at radius 2 is 2.16 bits per heavy atom. The zero-order valence-electron chi connectivity index (χ0n) is 11.8. The van der Waals surface area contributed by atoms with Gasteiger partial charge in [0.2, 0.25) is 0 Å². The molecular formula is C13H22N2O3Si. The first-order valence-electron chi connectivity index (χ1n) is 6.52. The largest absolute Gasteiger partial charge is 0.392 e. The van der Waals surface area contributed by atoms with E-state index in [1.54, 1.807) is 5.01 Å². The van der Waals surface area contributed by atoms with Crippen LogP contribution in [0.1, 0.15) is 5.56 Å². The van der Waals surface area contributed by atoms with Gasteiger partial charge in [-0.25, -0.2) is 5.01 Å². The third kappa shape index (κ3) is 3.70. The minimum atomic E-state index is -1.06. The number of anilines is 1. The Morgan fingerprint density at radius 3 is 2.84 bits per heavy atom. The van der Waals surface area contributed by atoms with Crippen LogP contribution >= 0.6 is 0 Å². The second-order valence-electron chi connectivity index (χ2n) is 5.89. The highest BCUT2D eigenvalue weighted by Gasteiger charge is 2.23. The molecule has 6 heteroatoms. The number of para-hydroxylation sites is 1. The van der Waals surface area contributed by atoms with Crippen molar-refractivity contribution in [2.45, 2.75) is 32.3 Å². The fraction of sp³-hybridized carbons (Fsp3) is 0.538. The zero-order chi connectivity index (χ0) is 13.9. The maximum atomic E-state index is 9.35. The van der Waals surface area contributed by atoms with E-state index in [0.29, 0.717) is 6.73 Å². The minimum Gasteiger partial charge on any atom is -0.392 e. The number of fused-ring (bicyclic) bond motifs is 1. The number of nitrogens with zero attached hydrogens (tertiary/aromatic N) is 1. The Kier molecular flexibility index (Phi) is 4.46. The van der Waals surface area contributed by atoms with E-state index < -0.39 is 8.07 Å². The van der Waals surface area contributed by atoms with Gasteiger partial charge < -0.3 is 14.7 Å². The van der Waals surface area contributed by atoms with Gasteiger partial charge in [-0.1, -0.05) is 37.4 Å². The summed E-state index contributed by atoms with van der Waals surface area (Å²) in [4.78, 5) is 5.35. The second kappa shape index (κ2) is 5.92. The zero-order valence-corrected chi connectivity index (χ0v) is 12.8. The van der Waals surface area contributed by atoms with E-state index in [4.69, 9.17) is 9.57 Å². The molecule has 5 nitrogen and oxygen atoms in total. The summed E-state index contributed by atoms with van der Waals surface area (Å²) in [6.45, 7) is 8.13. The Balaban J connectivity index is 1.92. The summed E-state index contributed by atoms with van der Waals surface area (Å²) in [5, 5.41) is 11.1. The molecule has 0 radical (unpaired) electrons. The fourth-order valence-corrected chi connectivity index (χ4v) is 2.62. The topological polar surface area (TPSA) is 54.0 Å². The Morgan fingerprint density at radius 1 is 1.37 bits per heavy atom. The summed E-state index contributed by atoms with van der Waals surface area (Å²) in [5.41, 5.74) is 4.49. The molecule has 0 unspecified atom stereocenters. The molecule has 19 heavy (non-hydrogen) atoms. The molecule has 0 saturated heterocycles. The lowest BCUT2D eigenvalue weighted by Crippen LogP contribution is -2.37. The number of hydrogen-bond donors (Lipinski definition) is 2. The summed E-state index contributed by atoms with van der Waals surface area (Å²) in [6, 6.07) is 6.74. The van der Waals surface area contributed by atoms with Crippen LogP contribution < -0.4 is 15.4 Å². The van der Waals surface area contributed by atoms with Crippen LogP contribution in [-0.2, 0) is 11.3 Å². The number of ether oxygens (including phenoxy) is 1. The molecule has 1 aromatic carbocycles. The first kappa shape index (κ1) is 14.3. The highest BCUT2D eigenvalue weighted by molar-refractivity contribution is 6.76. The third-order valence-electron chi connectivity index (χ3n) is 3.01. The average Bonchev–Trinajstić information content (AvgIpc) is 2.77. The van der Waals surface area contributed by atoms with Gasteiger partial charge >= 0.3 is 0 Å². The minimum absolute atomic E-state index is 0.0143. The molecule has 2 rings (SSSR count). The fourth-order valence-electron chi connectivity index (χ4n) is 1.86. The molecule has 0 atom stereocenters. The molecule has 0 bridgehead atoms. The SMILES string of the molecule is C[Si](C)(C)CCOCN1NOc2cccc(CO)c21. The predicted molar refractivity (Wildman–Crippen MR) is 77.6 cm³/mol. The number of aliphatic hydroxyl groups excluding tert-OH is 1. The molecule has 0 aromatic heterocycles. The number of benzene rings is 1. The van der Waals surface area contributed by atoms with Gasteiger partial charge in [-0.05, 0) is 12.1 Å². The van der Waals surface area contributed by atoms with Crippen molar-refractivity contribution in [1.29, 1.82) is 0 Å². The summed E-state index contributed by atoms with van der Waals surface area (Å²) in [5.74, 6) is 0.723. The van der Waals surface area contributed by atoms with Crippen molar-refractivity contribution in [2.75, 3.05) is 18.3 Å². The van der Waals surface area contributed by atoms with Crippen molar-refractivity contribution in [3.8, 4) is 5.75 Å². The molecule has 0 spiro atoms. The van der Waals surface area contributed by atoms with Crippen molar-refractivity contribution < 1.29 is 14.7 Å². The molecule has 1 aliphatic heterocycles. The number of hydrazine groups is 1. The van der Waals surface area contributed by atoms with E-state index >= 15 is 0 Å². The molecule has 0 saturated carbocycles. The van der Waals surface area contributed by atoms with E-state index in [0.717, 1.165) is 29.7 Å². The molecule has 1 aromatic rings. The molecule has 0 fully saturated rings. The monoisotopic (exact) mass is 282 g/mol. The first-order valence-corrected chi connectivity index (χ1v) is 10.2. The number of rotatable bonds is 6. The summed E-state index contributed by atoms with van der Waals surface area (Å²) < 4.78 is 5.69. The normalized spacial score (nSPS) is 14.4.